The van der Waals surface area contributed by atoms with Gasteiger partial charge in [0.05, 0.1) is 19.1 Å². The molecule has 0 aliphatic heterocycles. The van der Waals surface area contributed by atoms with Crippen LogP contribution in [0.4, 0.5) is 11.4 Å². The van der Waals surface area contributed by atoms with Gasteiger partial charge in [-0.2, -0.15) is 0 Å². The zero-order valence-corrected chi connectivity index (χ0v) is 18.1. The van der Waals surface area contributed by atoms with E-state index in [2.05, 4.69) is 5.32 Å². The van der Waals surface area contributed by atoms with Crippen molar-refractivity contribution in [3.8, 4) is 5.75 Å². The van der Waals surface area contributed by atoms with Crippen molar-refractivity contribution in [2.75, 3.05) is 42.7 Å². The van der Waals surface area contributed by atoms with Crippen molar-refractivity contribution in [2.24, 2.45) is 0 Å². The number of sulfonamides is 1. The first kappa shape index (κ1) is 22.5. The number of nitrogens with zero attached hydrogens (tertiary/aromatic N) is 2. The van der Waals surface area contributed by atoms with Gasteiger partial charge in [-0.15, -0.1) is 0 Å². The van der Waals surface area contributed by atoms with E-state index in [1.807, 2.05) is 42.3 Å². The normalized spacial score (nSPS) is 12.1. The number of rotatable bonds is 10. The standard InChI is InChI=1S/C21H29N3O4S/c1-5-20(21(25)22-14-15-23(2)17-10-7-6-8-11-17)24(29(4,26)27)18-12-9-13-19(16-18)28-3/h6-13,16,20H,5,14-15H2,1-4H3,(H,22,25)/t20-/m1/s1. The van der Waals surface area contributed by atoms with E-state index in [0.29, 0.717) is 30.9 Å². The lowest BCUT2D eigenvalue weighted by molar-refractivity contribution is -0.122. The van der Waals surface area contributed by atoms with Crippen molar-refractivity contribution in [1.29, 1.82) is 0 Å². The third kappa shape index (κ3) is 6.12. The molecule has 0 radical (unpaired) electrons. The van der Waals surface area contributed by atoms with Gasteiger partial charge in [0.1, 0.15) is 11.8 Å². The van der Waals surface area contributed by atoms with Crippen LogP contribution < -0.4 is 19.3 Å². The van der Waals surface area contributed by atoms with E-state index in [-0.39, 0.29) is 5.91 Å². The Hall–Kier alpha value is -2.74. The fourth-order valence-corrected chi connectivity index (χ4v) is 4.29. The second kappa shape index (κ2) is 10.2. The van der Waals surface area contributed by atoms with Crippen LogP contribution in [0.1, 0.15) is 13.3 Å². The molecule has 29 heavy (non-hydrogen) atoms. The maximum Gasteiger partial charge on any atom is 0.243 e. The first-order valence-electron chi connectivity index (χ1n) is 9.45. The van der Waals surface area contributed by atoms with E-state index in [1.54, 1.807) is 31.2 Å². The molecule has 0 fully saturated rings. The molecule has 1 N–H and O–H groups in total. The van der Waals surface area contributed by atoms with Crippen molar-refractivity contribution >= 4 is 27.3 Å². The summed E-state index contributed by atoms with van der Waals surface area (Å²) in [5, 5.41) is 2.87. The summed E-state index contributed by atoms with van der Waals surface area (Å²) < 4.78 is 31.4. The number of methoxy groups -OCH3 is 1. The second-order valence-electron chi connectivity index (χ2n) is 6.73. The summed E-state index contributed by atoms with van der Waals surface area (Å²) in [6.45, 7) is 2.79. The number of likely N-dealkylation sites (N-methyl/N-ethyl adjacent to an activating group) is 1. The Bertz CT molecular complexity index is 903. The van der Waals surface area contributed by atoms with Crippen LogP contribution in [-0.4, -0.2) is 53.9 Å². The number of hydrogen-bond donors (Lipinski definition) is 1. The summed E-state index contributed by atoms with van der Waals surface area (Å²) in [5.41, 5.74) is 1.44. The van der Waals surface area contributed by atoms with Crippen LogP contribution in [0.2, 0.25) is 0 Å². The predicted octanol–water partition coefficient (Wildman–Crippen LogP) is 2.49. The Labute approximate surface area is 173 Å². The van der Waals surface area contributed by atoms with E-state index in [1.165, 1.54) is 7.11 Å². The third-order valence-corrected chi connectivity index (χ3v) is 5.76. The predicted molar refractivity (Wildman–Crippen MR) is 117 cm³/mol. The molecule has 0 aliphatic carbocycles. The summed E-state index contributed by atoms with van der Waals surface area (Å²) >= 11 is 0. The molecule has 0 saturated heterocycles. The molecule has 2 aromatic rings. The van der Waals surface area contributed by atoms with Crippen LogP contribution in [0.3, 0.4) is 0 Å². The zero-order valence-electron chi connectivity index (χ0n) is 17.3. The average molecular weight is 420 g/mol. The largest absolute Gasteiger partial charge is 0.497 e. The highest BCUT2D eigenvalue weighted by Gasteiger charge is 2.31. The minimum Gasteiger partial charge on any atom is -0.497 e. The van der Waals surface area contributed by atoms with Crippen LogP contribution in [0.25, 0.3) is 0 Å². The number of benzene rings is 2. The van der Waals surface area contributed by atoms with E-state index >= 15 is 0 Å². The number of carbonyl (C=O) groups excluding carboxylic acids is 1. The quantitative estimate of drug-likeness (QED) is 0.640. The number of nitrogens with one attached hydrogen (secondary N) is 1. The Balaban J connectivity index is 2.12. The van der Waals surface area contributed by atoms with Crippen LogP contribution >= 0.6 is 0 Å². The molecule has 0 spiro atoms. The van der Waals surface area contributed by atoms with Gasteiger partial charge < -0.3 is 15.0 Å². The van der Waals surface area contributed by atoms with Gasteiger partial charge in [0.25, 0.3) is 0 Å². The first-order chi connectivity index (χ1) is 13.8. The highest BCUT2D eigenvalue weighted by Crippen LogP contribution is 2.26. The molecule has 7 nitrogen and oxygen atoms in total. The number of hydrogen-bond acceptors (Lipinski definition) is 5. The maximum atomic E-state index is 12.8. The molecule has 0 saturated carbocycles. The second-order valence-corrected chi connectivity index (χ2v) is 8.59. The smallest absolute Gasteiger partial charge is 0.243 e. The Morgan fingerprint density at radius 3 is 2.34 bits per heavy atom. The SMILES string of the molecule is CC[C@H](C(=O)NCCN(C)c1ccccc1)N(c1cccc(OC)c1)S(C)(=O)=O. The first-order valence-corrected chi connectivity index (χ1v) is 11.3. The number of ether oxygens (including phenoxy) is 1. The molecule has 0 unspecified atom stereocenters. The summed E-state index contributed by atoms with van der Waals surface area (Å²) in [6, 6.07) is 15.7. The number of para-hydroxylation sites is 1. The molecule has 1 atom stereocenters. The van der Waals surface area contributed by atoms with Gasteiger partial charge in [-0.1, -0.05) is 31.2 Å². The van der Waals surface area contributed by atoms with Crippen molar-refractivity contribution in [3.05, 3.63) is 54.6 Å². The minimum atomic E-state index is -3.68. The summed E-state index contributed by atoms with van der Waals surface area (Å²) in [7, 11) is -0.224. The highest BCUT2D eigenvalue weighted by molar-refractivity contribution is 7.92. The minimum absolute atomic E-state index is 0.331. The van der Waals surface area contributed by atoms with Crippen molar-refractivity contribution in [1.82, 2.24) is 5.32 Å². The molecule has 0 aliphatic rings. The summed E-state index contributed by atoms with van der Waals surface area (Å²) in [5.74, 6) is 0.193. The monoisotopic (exact) mass is 419 g/mol. The zero-order chi connectivity index (χ0) is 21.4. The fourth-order valence-electron chi connectivity index (χ4n) is 3.08. The van der Waals surface area contributed by atoms with Crippen LogP contribution in [-0.2, 0) is 14.8 Å². The lowest BCUT2D eigenvalue weighted by atomic mass is 10.2. The van der Waals surface area contributed by atoms with Crippen LogP contribution in [0.5, 0.6) is 5.75 Å². The molecule has 0 bridgehead atoms. The van der Waals surface area contributed by atoms with Gasteiger partial charge in [-0.05, 0) is 30.7 Å². The molecule has 0 heterocycles. The number of amides is 1. The van der Waals surface area contributed by atoms with Gasteiger partial charge in [-0.25, -0.2) is 8.42 Å². The molecule has 1 amide bonds. The van der Waals surface area contributed by atoms with E-state index in [4.69, 9.17) is 4.74 Å². The number of anilines is 2. The summed E-state index contributed by atoms with van der Waals surface area (Å²) in [4.78, 5) is 14.9. The maximum absolute atomic E-state index is 12.8. The molecule has 2 aromatic carbocycles. The molecular formula is C21H29N3O4S. The van der Waals surface area contributed by atoms with Gasteiger partial charge in [-0.3, -0.25) is 9.10 Å². The third-order valence-electron chi connectivity index (χ3n) is 4.58. The van der Waals surface area contributed by atoms with Crippen LogP contribution in [0.15, 0.2) is 54.6 Å². The highest BCUT2D eigenvalue weighted by atomic mass is 32.2. The van der Waals surface area contributed by atoms with Gasteiger partial charge in [0.2, 0.25) is 15.9 Å². The van der Waals surface area contributed by atoms with Gasteiger partial charge >= 0.3 is 0 Å². The van der Waals surface area contributed by atoms with E-state index < -0.39 is 16.1 Å². The molecule has 0 aromatic heterocycles. The van der Waals surface area contributed by atoms with Gasteiger partial charge in [0.15, 0.2) is 0 Å². The molecule has 158 valence electrons. The number of carbonyl (C=O) groups is 1. The van der Waals surface area contributed by atoms with Gasteiger partial charge in [0, 0.05) is 31.9 Å². The summed E-state index contributed by atoms with van der Waals surface area (Å²) in [6.07, 6.45) is 1.44. The van der Waals surface area contributed by atoms with Crippen molar-refractivity contribution < 1.29 is 17.9 Å². The molecule has 8 heteroatoms. The lowest BCUT2D eigenvalue weighted by Crippen LogP contribution is -2.50. The Morgan fingerprint density at radius 1 is 1.10 bits per heavy atom. The topological polar surface area (TPSA) is 79.0 Å². The Morgan fingerprint density at radius 2 is 1.76 bits per heavy atom. The molecular weight excluding hydrogens is 390 g/mol. The van der Waals surface area contributed by atoms with Crippen molar-refractivity contribution in [2.45, 2.75) is 19.4 Å². The molecule has 2 rings (SSSR count). The van der Waals surface area contributed by atoms with Crippen LogP contribution in [0, 0.1) is 0 Å². The average Bonchev–Trinajstić information content (AvgIpc) is 2.71. The van der Waals surface area contributed by atoms with E-state index in [9.17, 15) is 13.2 Å². The Kier molecular flexibility index (Phi) is 7.90. The lowest BCUT2D eigenvalue weighted by Gasteiger charge is -2.30. The van der Waals surface area contributed by atoms with Crippen molar-refractivity contribution in [3.63, 3.8) is 0 Å². The fraction of sp³-hybridized carbons (Fsp3) is 0.381. The van der Waals surface area contributed by atoms with E-state index in [0.717, 1.165) is 16.2 Å².